The molecule has 1 aromatic heterocycles. The molecule has 0 atom stereocenters. The van der Waals surface area contributed by atoms with Crippen LogP contribution in [0.25, 0.3) is 0 Å². The Balaban J connectivity index is 2.02. The van der Waals surface area contributed by atoms with E-state index in [2.05, 4.69) is 14.7 Å². The number of rotatable bonds is 11. The Hall–Kier alpha value is -3.61. The molecule has 11 nitrogen and oxygen atoms in total. The summed E-state index contributed by atoms with van der Waals surface area (Å²) in [4.78, 5) is 9.80. The fourth-order valence-electron chi connectivity index (χ4n) is 4.29. The Morgan fingerprint density at radius 3 is 2.45 bits per heavy atom. The number of morpholine rings is 1. The molecule has 1 aliphatic heterocycles. The van der Waals surface area contributed by atoms with Crippen LogP contribution >= 0.6 is 0 Å². The molecule has 40 heavy (non-hydrogen) atoms. The van der Waals surface area contributed by atoms with Gasteiger partial charge in [0.15, 0.2) is 27.9 Å². The number of hydrogen-bond acceptors (Lipinski definition) is 10. The number of anilines is 2. The summed E-state index contributed by atoms with van der Waals surface area (Å²) in [5, 5.41) is 9.49. The van der Waals surface area contributed by atoms with Crippen LogP contribution in [0.15, 0.2) is 53.8 Å². The van der Waals surface area contributed by atoms with Gasteiger partial charge in [-0.2, -0.15) is 0 Å². The molecule has 0 aliphatic carbocycles. The van der Waals surface area contributed by atoms with E-state index in [0.29, 0.717) is 49.9 Å². The Morgan fingerprint density at radius 1 is 1.10 bits per heavy atom. The van der Waals surface area contributed by atoms with Crippen molar-refractivity contribution in [1.29, 1.82) is 0 Å². The van der Waals surface area contributed by atoms with Gasteiger partial charge in [0.05, 0.1) is 32.6 Å². The van der Waals surface area contributed by atoms with Crippen molar-refractivity contribution in [2.75, 3.05) is 56.2 Å². The number of aliphatic hydroxyl groups excluding tert-OH is 1. The number of ether oxygens (including phenoxy) is 4. The number of aliphatic hydroxyl groups is 1. The molecule has 1 saturated heterocycles. The van der Waals surface area contributed by atoms with Crippen molar-refractivity contribution in [2.45, 2.75) is 37.5 Å². The summed E-state index contributed by atoms with van der Waals surface area (Å²) in [6, 6.07) is 10.4. The Kier molecular flexibility index (Phi) is 9.33. The van der Waals surface area contributed by atoms with E-state index in [1.54, 1.807) is 18.2 Å². The number of aromatic nitrogens is 2. The summed E-state index contributed by atoms with van der Waals surface area (Å²) in [6.45, 7) is 7.87. The molecule has 0 amide bonds. The summed E-state index contributed by atoms with van der Waals surface area (Å²) in [6.07, 6.45) is 3.00. The first-order valence-corrected chi connectivity index (χ1v) is 14.5. The normalized spacial score (nSPS) is 14.1. The molecule has 0 radical (unpaired) electrons. The number of nitrogens with zero attached hydrogens (tertiary/aromatic N) is 3. The first kappa shape index (κ1) is 29.4. The molecule has 2 aromatic carbocycles. The van der Waals surface area contributed by atoms with Gasteiger partial charge < -0.3 is 29.0 Å². The summed E-state index contributed by atoms with van der Waals surface area (Å²) >= 11 is 0. The van der Waals surface area contributed by atoms with E-state index in [-0.39, 0.29) is 35.4 Å². The molecule has 12 heteroatoms. The maximum absolute atomic E-state index is 14.2. The van der Waals surface area contributed by atoms with Crippen LogP contribution in [0.5, 0.6) is 23.0 Å². The molecular weight excluding hydrogens is 536 g/mol. The van der Waals surface area contributed by atoms with Crippen LogP contribution in [-0.2, 0) is 20.2 Å². The van der Waals surface area contributed by atoms with Crippen LogP contribution in [0.1, 0.15) is 32.8 Å². The number of benzene rings is 2. The molecule has 216 valence electrons. The zero-order valence-electron chi connectivity index (χ0n) is 23.2. The van der Waals surface area contributed by atoms with Crippen molar-refractivity contribution in [3.8, 4) is 23.0 Å². The topological polar surface area (TPSA) is 132 Å². The fraction of sp³-hybridized carbons (Fsp3) is 0.429. The third kappa shape index (κ3) is 6.75. The van der Waals surface area contributed by atoms with Gasteiger partial charge in [0.1, 0.15) is 12.1 Å². The zero-order chi connectivity index (χ0) is 28.8. The van der Waals surface area contributed by atoms with Crippen LogP contribution in [0.4, 0.5) is 11.5 Å². The second-order valence-corrected chi connectivity index (χ2v) is 11.8. The lowest BCUT2D eigenvalue weighted by Gasteiger charge is -2.34. The van der Waals surface area contributed by atoms with Gasteiger partial charge in [0.25, 0.3) is 10.0 Å². The van der Waals surface area contributed by atoms with Crippen molar-refractivity contribution < 1.29 is 32.5 Å². The third-order valence-electron chi connectivity index (χ3n) is 6.25. The van der Waals surface area contributed by atoms with Crippen molar-refractivity contribution in [3.05, 3.63) is 54.5 Å². The van der Waals surface area contributed by atoms with E-state index in [0.717, 1.165) is 5.56 Å². The van der Waals surface area contributed by atoms with Crippen LogP contribution in [0.2, 0.25) is 0 Å². The second kappa shape index (κ2) is 12.7. The summed E-state index contributed by atoms with van der Waals surface area (Å²) in [7, 11) is -2.74. The third-order valence-corrected chi connectivity index (χ3v) is 7.66. The van der Waals surface area contributed by atoms with Crippen LogP contribution in [0.3, 0.4) is 0 Å². The molecule has 0 unspecified atom stereocenters. The van der Waals surface area contributed by atoms with E-state index in [9.17, 15) is 13.5 Å². The minimum atomic E-state index is -4.28. The number of sulfonamides is 1. The average Bonchev–Trinajstić information content (AvgIpc) is 2.94. The molecule has 0 bridgehead atoms. The molecule has 3 aromatic rings. The second-order valence-electron chi connectivity index (χ2n) is 10.2. The summed E-state index contributed by atoms with van der Waals surface area (Å²) in [5.41, 5.74) is 0.719. The van der Waals surface area contributed by atoms with E-state index in [1.807, 2.05) is 37.8 Å². The molecule has 2 heterocycles. The van der Waals surface area contributed by atoms with E-state index in [1.165, 1.54) is 25.7 Å². The average molecular weight is 573 g/mol. The maximum atomic E-state index is 14.2. The highest BCUT2D eigenvalue weighted by atomic mass is 32.2. The first-order chi connectivity index (χ1) is 19.2. The standard InChI is InChI=1S/C28H36N4O7S/c1-28(2,3)20-18-21(32-12-16-37-17-13-32)27(40(34,35)31-24-10-11-29-19-30-24)26(38-15-7-14-33)25(20)39-23-9-6-5-8-22(23)36-4/h5-6,8-11,18-19,33H,7,12-17H2,1-4H3,(H,29,30,31). The van der Waals surface area contributed by atoms with Gasteiger partial charge >= 0.3 is 0 Å². The number of para-hydroxylation sites is 2. The van der Waals surface area contributed by atoms with Crippen molar-refractivity contribution >= 4 is 21.5 Å². The van der Waals surface area contributed by atoms with Crippen molar-refractivity contribution in [3.63, 3.8) is 0 Å². The minimum Gasteiger partial charge on any atom is -0.493 e. The highest BCUT2D eigenvalue weighted by molar-refractivity contribution is 7.93. The quantitative estimate of drug-likeness (QED) is 0.325. The van der Waals surface area contributed by atoms with E-state index >= 15 is 0 Å². The minimum absolute atomic E-state index is 0.0369. The zero-order valence-corrected chi connectivity index (χ0v) is 24.0. The van der Waals surface area contributed by atoms with Gasteiger partial charge in [-0.05, 0) is 29.7 Å². The summed E-state index contributed by atoms with van der Waals surface area (Å²) < 4.78 is 54.7. The number of methoxy groups -OCH3 is 1. The molecule has 1 aliphatic rings. The maximum Gasteiger partial charge on any atom is 0.268 e. The lowest BCUT2D eigenvalue weighted by Crippen LogP contribution is -2.37. The lowest BCUT2D eigenvalue weighted by atomic mass is 9.85. The highest BCUT2D eigenvalue weighted by Gasteiger charge is 2.36. The molecule has 0 saturated carbocycles. The number of nitrogens with one attached hydrogen (secondary N) is 1. The van der Waals surface area contributed by atoms with Gasteiger partial charge in [-0.1, -0.05) is 32.9 Å². The van der Waals surface area contributed by atoms with Crippen molar-refractivity contribution in [2.24, 2.45) is 0 Å². The smallest absolute Gasteiger partial charge is 0.268 e. The summed E-state index contributed by atoms with van der Waals surface area (Å²) in [5.74, 6) is 1.26. The van der Waals surface area contributed by atoms with Gasteiger partial charge in [0.2, 0.25) is 0 Å². The predicted octanol–water partition coefficient (Wildman–Crippen LogP) is 3.97. The largest absolute Gasteiger partial charge is 0.493 e. The first-order valence-electron chi connectivity index (χ1n) is 13.0. The van der Waals surface area contributed by atoms with Crippen LogP contribution in [0, 0.1) is 0 Å². The Bertz CT molecular complexity index is 1390. The molecule has 4 rings (SSSR count). The predicted molar refractivity (Wildman–Crippen MR) is 151 cm³/mol. The fourth-order valence-corrected chi connectivity index (χ4v) is 5.65. The van der Waals surface area contributed by atoms with Gasteiger partial charge in [-0.15, -0.1) is 0 Å². The molecule has 0 spiro atoms. The van der Waals surface area contributed by atoms with Crippen molar-refractivity contribution in [1.82, 2.24) is 9.97 Å². The lowest BCUT2D eigenvalue weighted by molar-refractivity contribution is 0.122. The van der Waals surface area contributed by atoms with Gasteiger partial charge in [-0.25, -0.2) is 18.4 Å². The van der Waals surface area contributed by atoms with E-state index in [4.69, 9.17) is 18.9 Å². The SMILES string of the molecule is COc1ccccc1Oc1c(C(C)(C)C)cc(N2CCOCC2)c(S(=O)(=O)Nc2ccncn2)c1OCCCO. The molecular formula is C28H36N4O7S. The van der Waals surface area contributed by atoms with Gasteiger partial charge in [-0.3, -0.25) is 4.72 Å². The monoisotopic (exact) mass is 572 g/mol. The Labute approximate surface area is 235 Å². The Morgan fingerprint density at radius 2 is 1.82 bits per heavy atom. The highest BCUT2D eigenvalue weighted by Crippen LogP contribution is 2.50. The van der Waals surface area contributed by atoms with Crippen LogP contribution in [-0.4, -0.2) is 70.1 Å². The molecule has 1 fully saturated rings. The molecule has 2 N–H and O–H groups in total. The number of hydrogen-bond donors (Lipinski definition) is 2. The van der Waals surface area contributed by atoms with Gasteiger partial charge in [0, 0.05) is 37.9 Å². The van der Waals surface area contributed by atoms with Crippen LogP contribution < -0.4 is 23.8 Å². The van der Waals surface area contributed by atoms with E-state index < -0.39 is 15.4 Å².